The summed E-state index contributed by atoms with van der Waals surface area (Å²) in [6.07, 6.45) is 1.38. The number of anilines is 1. The lowest BCUT2D eigenvalue weighted by Gasteiger charge is -2.08. The van der Waals surface area contributed by atoms with Crippen molar-refractivity contribution in [1.29, 1.82) is 0 Å². The Morgan fingerprint density at radius 2 is 2.05 bits per heavy atom. The number of hydrogen-bond acceptors (Lipinski definition) is 5. The van der Waals surface area contributed by atoms with Crippen LogP contribution in [0.2, 0.25) is 0 Å². The van der Waals surface area contributed by atoms with E-state index in [2.05, 4.69) is 41.6 Å². The highest BCUT2D eigenvalue weighted by molar-refractivity contribution is 9.11. The lowest BCUT2D eigenvalue weighted by atomic mass is 10.2. The summed E-state index contributed by atoms with van der Waals surface area (Å²) in [5.41, 5.74) is -0.745. The maximum absolute atomic E-state index is 14.1. The van der Waals surface area contributed by atoms with Gasteiger partial charge in [-0.15, -0.1) is 0 Å². The van der Waals surface area contributed by atoms with Gasteiger partial charge in [-0.2, -0.15) is 0 Å². The molecule has 0 spiro atoms. The molecule has 2 N–H and O–H groups in total. The number of carbonyl (C=O) groups is 1. The molecular weight excluding hydrogens is 455 g/mol. The van der Waals surface area contributed by atoms with Crippen LogP contribution in [-0.4, -0.2) is 24.5 Å². The quantitative estimate of drug-likeness (QED) is 0.731. The highest BCUT2D eigenvalue weighted by atomic mass is 79.9. The molecule has 0 unspecified atom stereocenters. The van der Waals surface area contributed by atoms with Gasteiger partial charge >= 0.3 is 5.97 Å². The maximum atomic E-state index is 14.1. The molecule has 0 saturated carbocycles. The predicted octanol–water partition coefficient (Wildman–Crippen LogP) is 3.31. The molecule has 1 heterocycles. The van der Waals surface area contributed by atoms with E-state index in [0.29, 0.717) is 3.79 Å². The van der Waals surface area contributed by atoms with E-state index in [0.717, 1.165) is 23.5 Å². The third-order valence-electron chi connectivity index (χ3n) is 2.22. The number of carboxylic acids is 1. The maximum Gasteiger partial charge on any atom is 0.338 e. The number of aromatic carboxylic acids is 1. The Kier molecular flexibility index (Phi) is 4.66. The monoisotopic (exact) mass is 458 g/mol. The minimum absolute atomic E-state index is 0.0260. The van der Waals surface area contributed by atoms with E-state index in [9.17, 15) is 17.6 Å². The molecule has 2 aromatic rings. The van der Waals surface area contributed by atoms with Crippen LogP contribution in [0.25, 0.3) is 0 Å². The Morgan fingerprint density at radius 1 is 1.38 bits per heavy atom. The zero-order valence-corrected chi connectivity index (χ0v) is 14.6. The van der Waals surface area contributed by atoms with Gasteiger partial charge in [0.2, 0.25) is 0 Å². The van der Waals surface area contributed by atoms with Crippen molar-refractivity contribution in [2.75, 3.05) is 4.72 Å². The summed E-state index contributed by atoms with van der Waals surface area (Å²) in [5.74, 6) is -2.91. The van der Waals surface area contributed by atoms with Gasteiger partial charge in [-0.25, -0.2) is 22.6 Å². The van der Waals surface area contributed by atoms with Gasteiger partial charge in [0.05, 0.1) is 15.5 Å². The molecule has 0 aliphatic heterocycles. The summed E-state index contributed by atoms with van der Waals surface area (Å²) in [5, 5.41) is 8.91. The molecule has 0 aliphatic carbocycles. The average Bonchev–Trinajstić information content (AvgIpc) is 2.76. The van der Waals surface area contributed by atoms with E-state index in [-0.39, 0.29) is 9.60 Å². The first kappa shape index (κ1) is 16.3. The fraction of sp³-hybridized carbons (Fsp3) is 0. The van der Waals surface area contributed by atoms with Crippen molar-refractivity contribution < 1.29 is 22.7 Å². The van der Waals surface area contributed by atoms with Crippen molar-refractivity contribution in [2.24, 2.45) is 0 Å². The number of nitrogens with one attached hydrogen (secondary N) is 1. The smallest absolute Gasteiger partial charge is 0.338 e. The SMILES string of the molecule is O=C(O)c1cc(Br)cc(S(=O)(=O)Nc2ncc(Br)s2)c1F. The van der Waals surface area contributed by atoms with E-state index in [1.54, 1.807) is 0 Å². The summed E-state index contributed by atoms with van der Waals surface area (Å²) in [6.45, 7) is 0. The van der Waals surface area contributed by atoms with Crippen LogP contribution < -0.4 is 4.72 Å². The van der Waals surface area contributed by atoms with E-state index in [1.165, 1.54) is 6.20 Å². The topological polar surface area (TPSA) is 96.4 Å². The number of benzene rings is 1. The van der Waals surface area contributed by atoms with Crippen molar-refractivity contribution in [3.63, 3.8) is 0 Å². The third kappa shape index (κ3) is 3.59. The minimum Gasteiger partial charge on any atom is -0.478 e. The number of halogens is 3. The first-order valence-corrected chi connectivity index (χ1v) is 8.96. The van der Waals surface area contributed by atoms with Crippen LogP contribution >= 0.6 is 43.2 Å². The second-order valence-corrected chi connectivity index (χ2v) is 8.62. The number of thiazole rings is 1. The van der Waals surface area contributed by atoms with Gasteiger partial charge in [0.15, 0.2) is 10.9 Å². The molecule has 0 amide bonds. The fourth-order valence-electron chi connectivity index (χ4n) is 1.39. The lowest BCUT2D eigenvalue weighted by Crippen LogP contribution is -2.16. The summed E-state index contributed by atoms with van der Waals surface area (Å²) in [7, 11) is -4.30. The molecule has 1 aromatic heterocycles. The fourth-order valence-corrected chi connectivity index (χ4v) is 4.47. The predicted molar refractivity (Wildman–Crippen MR) is 81.7 cm³/mol. The largest absolute Gasteiger partial charge is 0.478 e. The van der Waals surface area contributed by atoms with Crippen molar-refractivity contribution >= 4 is 64.3 Å². The van der Waals surface area contributed by atoms with E-state index in [4.69, 9.17) is 5.11 Å². The lowest BCUT2D eigenvalue weighted by molar-refractivity contribution is 0.0691. The molecule has 21 heavy (non-hydrogen) atoms. The highest BCUT2D eigenvalue weighted by Crippen LogP contribution is 2.28. The molecular formula is C10H5Br2FN2O4S2. The summed E-state index contributed by atoms with van der Waals surface area (Å²) < 4.78 is 41.1. The average molecular weight is 460 g/mol. The van der Waals surface area contributed by atoms with Crippen molar-refractivity contribution in [3.05, 3.63) is 38.0 Å². The van der Waals surface area contributed by atoms with E-state index < -0.39 is 32.3 Å². The van der Waals surface area contributed by atoms with Crippen LogP contribution in [0.1, 0.15) is 10.4 Å². The Balaban J connectivity index is 2.52. The van der Waals surface area contributed by atoms with E-state index >= 15 is 0 Å². The van der Waals surface area contributed by atoms with Gasteiger partial charge in [0, 0.05) is 4.47 Å². The molecule has 11 heteroatoms. The van der Waals surface area contributed by atoms with Crippen LogP contribution in [0.5, 0.6) is 0 Å². The van der Waals surface area contributed by atoms with Gasteiger partial charge in [-0.1, -0.05) is 27.3 Å². The molecule has 0 saturated heterocycles. The first-order chi connectivity index (χ1) is 9.70. The second kappa shape index (κ2) is 5.99. The Bertz CT molecular complexity index is 822. The number of nitrogens with zero attached hydrogens (tertiary/aromatic N) is 1. The molecule has 6 nitrogen and oxygen atoms in total. The Morgan fingerprint density at radius 3 is 2.57 bits per heavy atom. The Labute approximate surface area is 139 Å². The summed E-state index contributed by atoms with van der Waals surface area (Å²) in [6, 6.07) is 1.96. The number of sulfonamides is 1. The molecule has 0 fully saturated rings. The molecule has 112 valence electrons. The standard InChI is InChI=1S/C10H5Br2FN2O4S2/c11-4-1-5(9(16)17)8(13)6(2-4)21(18,19)15-10-14-3-7(12)20-10/h1-3H,(H,14,15)(H,16,17). The van der Waals surface area contributed by atoms with Crippen molar-refractivity contribution in [3.8, 4) is 0 Å². The number of carboxylic acid groups (broad SMARTS) is 1. The second-order valence-electron chi connectivity index (χ2n) is 3.65. The zero-order valence-electron chi connectivity index (χ0n) is 9.80. The van der Waals surface area contributed by atoms with Crippen LogP contribution in [0, 0.1) is 5.82 Å². The summed E-state index contributed by atoms with van der Waals surface area (Å²) >= 11 is 7.06. The minimum atomic E-state index is -4.30. The molecule has 0 atom stereocenters. The van der Waals surface area contributed by atoms with Gasteiger partial charge < -0.3 is 5.11 Å². The van der Waals surface area contributed by atoms with Crippen molar-refractivity contribution in [2.45, 2.75) is 4.90 Å². The van der Waals surface area contributed by atoms with Gasteiger partial charge in [0.25, 0.3) is 10.0 Å². The molecule has 1 aromatic carbocycles. The number of hydrogen-bond donors (Lipinski definition) is 2. The zero-order chi connectivity index (χ0) is 15.8. The van der Waals surface area contributed by atoms with Crippen LogP contribution in [0.4, 0.5) is 9.52 Å². The Hall–Kier alpha value is -1.04. The van der Waals surface area contributed by atoms with Crippen molar-refractivity contribution in [1.82, 2.24) is 4.98 Å². The van der Waals surface area contributed by atoms with Crippen LogP contribution in [0.3, 0.4) is 0 Å². The molecule has 0 aliphatic rings. The molecule has 0 radical (unpaired) electrons. The number of aromatic nitrogens is 1. The molecule has 2 rings (SSSR count). The van der Waals surface area contributed by atoms with E-state index in [1.807, 2.05) is 0 Å². The van der Waals surface area contributed by atoms with Gasteiger partial charge in [-0.05, 0) is 28.1 Å². The summed E-state index contributed by atoms with van der Waals surface area (Å²) in [4.78, 5) is 13.9. The highest BCUT2D eigenvalue weighted by Gasteiger charge is 2.26. The third-order valence-corrected chi connectivity index (χ3v) is 5.54. The van der Waals surface area contributed by atoms with Gasteiger partial charge in [-0.3, -0.25) is 4.72 Å². The van der Waals surface area contributed by atoms with Gasteiger partial charge in [0.1, 0.15) is 4.90 Å². The van der Waals surface area contributed by atoms with Crippen LogP contribution in [0.15, 0.2) is 31.5 Å². The number of rotatable bonds is 4. The normalized spacial score (nSPS) is 11.4. The molecule has 0 bridgehead atoms. The first-order valence-electron chi connectivity index (χ1n) is 5.07. The van der Waals surface area contributed by atoms with Crippen LogP contribution in [-0.2, 0) is 10.0 Å².